The van der Waals surface area contributed by atoms with E-state index in [1.54, 1.807) is 7.11 Å². The normalized spacial score (nSPS) is 27.7. The molecule has 0 amide bonds. The fourth-order valence-electron chi connectivity index (χ4n) is 3.84. The Kier molecular flexibility index (Phi) is 8.44. The van der Waals surface area contributed by atoms with Crippen molar-refractivity contribution in [2.24, 2.45) is 23.7 Å². The number of carbonyl (C=O) groups is 1. The molecule has 0 radical (unpaired) electrons. The van der Waals surface area contributed by atoms with Gasteiger partial charge in [0, 0.05) is 26.1 Å². The number of hydrogen-bond acceptors (Lipinski definition) is 2. The number of ether oxygens (including phenoxy) is 1. The predicted molar refractivity (Wildman–Crippen MR) is 84.8 cm³/mol. The number of hydrogen-bond donors (Lipinski definition) is 0. The first-order chi connectivity index (χ1) is 9.63. The molecule has 0 aromatic carbocycles. The molecule has 1 saturated carbocycles. The molecule has 1 rings (SSSR count). The molecule has 0 saturated heterocycles. The Morgan fingerprint density at radius 1 is 1.30 bits per heavy atom. The largest absolute Gasteiger partial charge is 0.385 e. The van der Waals surface area contributed by atoms with Crippen molar-refractivity contribution in [2.45, 2.75) is 72.1 Å². The van der Waals surface area contributed by atoms with Crippen LogP contribution in [-0.2, 0) is 9.53 Å². The Balaban J connectivity index is 2.53. The first-order valence-electron chi connectivity index (χ1n) is 8.65. The molecule has 0 heterocycles. The summed E-state index contributed by atoms with van der Waals surface area (Å²) in [6, 6.07) is 0. The van der Waals surface area contributed by atoms with Gasteiger partial charge in [0.05, 0.1) is 0 Å². The molecule has 0 aliphatic heterocycles. The minimum absolute atomic E-state index is 0.306. The third kappa shape index (κ3) is 5.20. The van der Waals surface area contributed by atoms with Gasteiger partial charge in [-0.25, -0.2) is 0 Å². The van der Waals surface area contributed by atoms with Crippen LogP contribution in [0.3, 0.4) is 0 Å². The summed E-state index contributed by atoms with van der Waals surface area (Å²) in [4.78, 5) is 12.7. The van der Waals surface area contributed by atoms with E-state index < -0.39 is 0 Å². The van der Waals surface area contributed by atoms with Crippen molar-refractivity contribution in [3.05, 3.63) is 0 Å². The molecule has 0 aromatic rings. The highest BCUT2D eigenvalue weighted by Crippen LogP contribution is 2.40. The SMILES string of the molecule is CCCCC(CC)CC(=O)C1C(C)CCC1CCOC. The zero-order valence-corrected chi connectivity index (χ0v) is 14.0. The summed E-state index contributed by atoms with van der Waals surface area (Å²) in [5.41, 5.74) is 0. The second kappa shape index (κ2) is 9.55. The third-order valence-electron chi connectivity index (χ3n) is 5.21. The summed E-state index contributed by atoms with van der Waals surface area (Å²) in [7, 11) is 1.76. The van der Waals surface area contributed by atoms with E-state index in [2.05, 4.69) is 20.8 Å². The van der Waals surface area contributed by atoms with Crippen molar-refractivity contribution in [3.63, 3.8) is 0 Å². The Bertz CT molecular complexity index is 275. The molecule has 4 atom stereocenters. The lowest BCUT2D eigenvalue weighted by Gasteiger charge is -2.24. The minimum atomic E-state index is 0.306. The number of carbonyl (C=O) groups excluding carboxylic acids is 1. The topological polar surface area (TPSA) is 26.3 Å². The second-order valence-corrected chi connectivity index (χ2v) is 6.71. The van der Waals surface area contributed by atoms with Gasteiger partial charge >= 0.3 is 0 Å². The van der Waals surface area contributed by atoms with E-state index in [1.807, 2.05) is 0 Å². The van der Waals surface area contributed by atoms with Crippen LogP contribution in [0.25, 0.3) is 0 Å². The van der Waals surface area contributed by atoms with Crippen molar-refractivity contribution in [1.29, 1.82) is 0 Å². The van der Waals surface area contributed by atoms with Crippen molar-refractivity contribution >= 4 is 5.78 Å². The molecule has 118 valence electrons. The van der Waals surface area contributed by atoms with Crippen LogP contribution < -0.4 is 0 Å². The van der Waals surface area contributed by atoms with E-state index in [1.165, 1.54) is 32.1 Å². The number of methoxy groups -OCH3 is 1. The van der Waals surface area contributed by atoms with Crippen LogP contribution in [0.5, 0.6) is 0 Å². The molecule has 0 aromatic heterocycles. The van der Waals surface area contributed by atoms with E-state index >= 15 is 0 Å². The molecule has 1 aliphatic rings. The highest BCUT2D eigenvalue weighted by molar-refractivity contribution is 5.82. The first-order valence-corrected chi connectivity index (χ1v) is 8.65. The average Bonchev–Trinajstić information content (AvgIpc) is 2.82. The molecule has 4 unspecified atom stereocenters. The lowest BCUT2D eigenvalue weighted by Crippen LogP contribution is -2.26. The van der Waals surface area contributed by atoms with Crippen LogP contribution in [0.1, 0.15) is 72.1 Å². The van der Waals surface area contributed by atoms with Gasteiger partial charge in [-0.05, 0) is 37.0 Å². The van der Waals surface area contributed by atoms with Crippen molar-refractivity contribution in [1.82, 2.24) is 0 Å². The van der Waals surface area contributed by atoms with E-state index in [4.69, 9.17) is 4.74 Å². The van der Waals surface area contributed by atoms with E-state index in [-0.39, 0.29) is 0 Å². The molecule has 20 heavy (non-hydrogen) atoms. The lowest BCUT2D eigenvalue weighted by atomic mass is 9.80. The molecular formula is C18H34O2. The predicted octanol–water partition coefficient (Wildman–Crippen LogP) is 4.86. The van der Waals surface area contributed by atoms with Crippen LogP contribution in [-0.4, -0.2) is 19.5 Å². The van der Waals surface area contributed by atoms with Gasteiger partial charge in [-0.3, -0.25) is 4.79 Å². The monoisotopic (exact) mass is 282 g/mol. The Hall–Kier alpha value is -0.370. The summed E-state index contributed by atoms with van der Waals surface area (Å²) in [6.07, 6.45) is 9.18. The van der Waals surface area contributed by atoms with E-state index in [0.29, 0.717) is 29.5 Å². The molecule has 2 heteroatoms. The van der Waals surface area contributed by atoms with Crippen LogP contribution in [0.4, 0.5) is 0 Å². The maximum absolute atomic E-state index is 12.7. The molecule has 0 bridgehead atoms. The second-order valence-electron chi connectivity index (χ2n) is 6.71. The van der Waals surface area contributed by atoms with E-state index in [0.717, 1.165) is 25.9 Å². The first kappa shape index (κ1) is 17.7. The summed E-state index contributed by atoms with van der Waals surface area (Å²) in [6.45, 7) is 7.53. The van der Waals surface area contributed by atoms with Gasteiger partial charge in [0.2, 0.25) is 0 Å². The van der Waals surface area contributed by atoms with Gasteiger partial charge < -0.3 is 4.74 Å². The molecule has 0 spiro atoms. The number of unbranched alkanes of at least 4 members (excludes halogenated alkanes) is 1. The quantitative estimate of drug-likeness (QED) is 0.572. The van der Waals surface area contributed by atoms with Crippen molar-refractivity contribution in [3.8, 4) is 0 Å². The fraction of sp³-hybridized carbons (Fsp3) is 0.944. The van der Waals surface area contributed by atoms with E-state index in [9.17, 15) is 4.79 Å². The van der Waals surface area contributed by atoms with Gasteiger partial charge in [-0.1, -0.05) is 46.5 Å². The van der Waals surface area contributed by atoms with Gasteiger partial charge in [-0.2, -0.15) is 0 Å². The molecule has 0 N–H and O–H groups in total. The Morgan fingerprint density at radius 2 is 2.05 bits per heavy atom. The fourth-order valence-corrected chi connectivity index (χ4v) is 3.84. The summed E-state index contributed by atoms with van der Waals surface area (Å²) in [5, 5.41) is 0. The Morgan fingerprint density at radius 3 is 2.65 bits per heavy atom. The van der Waals surface area contributed by atoms with Gasteiger partial charge in [0.15, 0.2) is 0 Å². The van der Waals surface area contributed by atoms with Gasteiger partial charge in [-0.15, -0.1) is 0 Å². The Labute approximate surface area is 125 Å². The van der Waals surface area contributed by atoms with Crippen molar-refractivity contribution < 1.29 is 9.53 Å². The smallest absolute Gasteiger partial charge is 0.136 e. The van der Waals surface area contributed by atoms with Crippen LogP contribution >= 0.6 is 0 Å². The highest BCUT2D eigenvalue weighted by Gasteiger charge is 2.38. The van der Waals surface area contributed by atoms with Crippen LogP contribution in [0.15, 0.2) is 0 Å². The minimum Gasteiger partial charge on any atom is -0.385 e. The third-order valence-corrected chi connectivity index (χ3v) is 5.21. The number of Topliss-reactive ketones (excluding diaryl/α,β-unsaturated/α-hetero) is 1. The molecule has 1 aliphatic carbocycles. The lowest BCUT2D eigenvalue weighted by molar-refractivity contribution is -0.126. The molecule has 2 nitrogen and oxygen atoms in total. The van der Waals surface area contributed by atoms with Crippen LogP contribution in [0, 0.1) is 23.7 Å². The summed E-state index contributed by atoms with van der Waals surface area (Å²) in [5.74, 6) is 2.60. The zero-order valence-electron chi connectivity index (χ0n) is 14.0. The van der Waals surface area contributed by atoms with Crippen molar-refractivity contribution in [2.75, 3.05) is 13.7 Å². The number of rotatable bonds is 10. The maximum atomic E-state index is 12.7. The number of ketones is 1. The average molecular weight is 282 g/mol. The molecular weight excluding hydrogens is 248 g/mol. The maximum Gasteiger partial charge on any atom is 0.136 e. The highest BCUT2D eigenvalue weighted by atomic mass is 16.5. The molecule has 1 fully saturated rings. The zero-order chi connectivity index (χ0) is 15.0. The van der Waals surface area contributed by atoms with Gasteiger partial charge in [0.25, 0.3) is 0 Å². The summed E-state index contributed by atoms with van der Waals surface area (Å²) < 4.78 is 5.21. The standard InChI is InChI=1S/C18H34O2/c1-5-7-8-15(6-2)13-17(19)18-14(3)9-10-16(18)11-12-20-4/h14-16,18H,5-13H2,1-4H3. The summed E-state index contributed by atoms with van der Waals surface area (Å²) >= 11 is 0. The van der Waals surface area contributed by atoms with Gasteiger partial charge in [0.1, 0.15) is 5.78 Å². The van der Waals surface area contributed by atoms with Crippen LogP contribution in [0.2, 0.25) is 0 Å².